The molecule has 2 unspecified atom stereocenters. The molecule has 166 valence electrons. The van der Waals surface area contributed by atoms with Crippen LogP contribution in [0.2, 0.25) is 0 Å². The normalized spacial score (nSPS) is 22.6. The van der Waals surface area contributed by atoms with Crippen molar-refractivity contribution < 1.29 is 9.47 Å². The Morgan fingerprint density at radius 3 is 2.03 bits per heavy atom. The Balaban J connectivity index is 1.13. The topological polar surface area (TPSA) is 33.7 Å². The van der Waals surface area contributed by atoms with Crippen LogP contribution in [0.4, 0.5) is 0 Å². The van der Waals surface area contributed by atoms with E-state index in [4.69, 9.17) is 9.47 Å². The van der Waals surface area contributed by atoms with E-state index in [1.54, 1.807) is 0 Å². The quantitative estimate of drug-likeness (QED) is 0.494. The van der Waals surface area contributed by atoms with Crippen molar-refractivity contribution in [2.45, 2.75) is 57.0 Å². The summed E-state index contributed by atoms with van der Waals surface area (Å²) in [6.07, 6.45) is 5.29. The van der Waals surface area contributed by atoms with Gasteiger partial charge >= 0.3 is 0 Å². The number of benzene rings is 3. The Kier molecular flexibility index (Phi) is 6.42. The zero-order valence-electron chi connectivity index (χ0n) is 18.7. The van der Waals surface area contributed by atoms with Gasteiger partial charge in [-0.05, 0) is 80.3 Å². The van der Waals surface area contributed by atoms with Gasteiger partial charge in [-0.15, -0.1) is 0 Å². The highest BCUT2D eigenvalue weighted by atomic mass is 16.5. The van der Waals surface area contributed by atoms with Crippen LogP contribution in [0.3, 0.4) is 0 Å². The highest BCUT2D eigenvalue weighted by Gasteiger charge is 2.39. The molecule has 5 rings (SSSR count). The van der Waals surface area contributed by atoms with E-state index in [-0.39, 0.29) is 0 Å². The van der Waals surface area contributed by atoms with Crippen LogP contribution in [-0.4, -0.2) is 30.1 Å². The molecule has 3 aromatic rings. The zero-order chi connectivity index (χ0) is 21.8. The molecule has 2 saturated heterocycles. The number of hydrogen-bond acceptors (Lipinski definition) is 4. The molecule has 3 aromatic carbocycles. The minimum Gasteiger partial charge on any atom is -0.490 e. The molecule has 4 nitrogen and oxygen atoms in total. The van der Waals surface area contributed by atoms with Gasteiger partial charge in [0.1, 0.15) is 23.4 Å². The zero-order valence-corrected chi connectivity index (χ0v) is 18.7. The lowest BCUT2D eigenvalue weighted by Gasteiger charge is -2.36. The summed E-state index contributed by atoms with van der Waals surface area (Å²) >= 11 is 0. The molecule has 2 aliphatic heterocycles. The van der Waals surface area contributed by atoms with Gasteiger partial charge in [-0.2, -0.15) is 0 Å². The number of para-hydroxylation sites is 1. The van der Waals surface area contributed by atoms with Crippen molar-refractivity contribution in [1.82, 2.24) is 10.2 Å². The van der Waals surface area contributed by atoms with E-state index >= 15 is 0 Å². The lowest BCUT2D eigenvalue weighted by Crippen LogP contribution is -2.43. The molecule has 2 fully saturated rings. The summed E-state index contributed by atoms with van der Waals surface area (Å²) in [7, 11) is 2.27. The minimum absolute atomic E-state index is 0.347. The van der Waals surface area contributed by atoms with E-state index in [2.05, 4.69) is 53.7 Å². The van der Waals surface area contributed by atoms with Crippen LogP contribution in [0.5, 0.6) is 17.2 Å². The van der Waals surface area contributed by atoms with Crippen LogP contribution >= 0.6 is 0 Å². The largest absolute Gasteiger partial charge is 0.490 e. The average Bonchev–Trinajstić information content (AvgIpc) is 3.01. The van der Waals surface area contributed by atoms with Crippen molar-refractivity contribution in [3.8, 4) is 17.2 Å². The number of rotatable bonds is 8. The van der Waals surface area contributed by atoms with Crippen molar-refractivity contribution in [3.05, 3.63) is 90.0 Å². The summed E-state index contributed by atoms with van der Waals surface area (Å²) in [5.41, 5.74) is 2.45. The summed E-state index contributed by atoms with van der Waals surface area (Å²) in [5.74, 6) is 2.71. The van der Waals surface area contributed by atoms with Gasteiger partial charge in [0.05, 0.1) is 0 Å². The summed E-state index contributed by atoms with van der Waals surface area (Å²) in [6.45, 7) is 1.59. The second-order valence-electron chi connectivity index (χ2n) is 9.08. The van der Waals surface area contributed by atoms with Crippen molar-refractivity contribution in [3.63, 3.8) is 0 Å². The molecule has 32 heavy (non-hydrogen) atoms. The second kappa shape index (κ2) is 9.76. The molecule has 0 amide bonds. The lowest BCUT2D eigenvalue weighted by molar-refractivity contribution is 0.0661. The van der Waals surface area contributed by atoms with Gasteiger partial charge in [-0.3, -0.25) is 0 Å². The number of fused-ring (bicyclic) bond motifs is 2. The highest BCUT2D eigenvalue weighted by molar-refractivity contribution is 5.34. The molecule has 0 saturated carbocycles. The summed E-state index contributed by atoms with van der Waals surface area (Å²) in [5, 5.41) is 3.55. The molecular formula is C28H32N2O2. The Morgan fingerprint density at radius 1 is 0.750 bits per heavy atom. The number of nitrogens with one attached hydrogen (secondary N) is 1. The Bertz CT molecular complexity index is 1010. The standard InChI is InChI=1S/C28H32N2O2/c1-30-23-13-14-24(30)18-28(17-23)32-27-12-6-8-22(16-27)20-29-19-21-7-5-11-26(15-21)31-25-9-3-2-4-10-25/h2-12,15-16,23-24,28-29H,13-14,17-20H2,1H3. The maximum Gasteiger partial charge on any atom is 0.127 e. The third kappa shape index (κ3) is 5.14. The molecule has 2 bridgehead atoms. The highest BCUT2D eigenvalue weighted by Crippen LogP contribution is 2.36. The van der Waals surface area contributed by atoms with E-state index in [1.807, 2.05) is 42.5 Å². The third-order valence-corrected chi connectivity index (χ3v) is 6.79. The molecule has 2 aliphatic rings. The van der Waals surface area contributed by atoms with E-state index in [1.165, 1.54) is 24.0 Å². The van der Waals surface area contributed by atoms with E-state index in [0.717, 1.165) is 43.2 Å². The van der Waals surface area contributed by atoms with Crippen LogP contribution in [-0.2, 0) is 13.1 Å². The summed E-state index contributed by atoms with van der Waals surface area (Å²) < 4.78 is 12.3. The van der Waals surface area contributed by atoms with Gasteiger partial charge in [0.2, 0.25) is 0 Å². The smallest absolute Gasteiger partial charge is 0.127 e. The van der Waals surface area contributed by atoms with Gasteiger partial charge in [-0.1, -0.05) is 42.5 Å². The van der Waals surface area contributed by atoms with Gasteiger partial charge < -0.3 is 19.7 Å². The molecule has 0 aliphatic carbocycles. The van der Waals surface area contributed by atoms with Crippen LogP contribution < -0.4 is 14.8 Å². The predicted octanol–water partition coefficient (Wildman–Crippen LogP) is 5.77. The van der Waals surface area contributed by atoms with Gasteiger partial charge in [0.15, 0.2) is 0 Å². The lowest BCUT2D eigenvalue weighted by atomic mass is 10.0. The number of piperidine rings is 1. The van der Waals surface area contributed by atoms with Crippen LogP contribution in [0.15, 0.2) is 78.9 Å². The Labute approximate surface area is 191 Å². The fraction of sp³-hybridized carbons (Fsp3) is 0.357. The van der Waals surface area contributed by atoms with Crippen LogP contribution in [0.1, 0.15) is 36.8 Å². The first-order chi connectivity index (χ1) is 15.7. The maximum absolute atomic E-state index is 6.39. The van der Waals surface area contributed by atoms with Crippen molar-refractivity contribution in [1.29, 1.82) is 0 Å². The van der Waals surface area contributed by atoms with Gasteiger partial charge in [0, 0.05) is 25.2 Å². The van der Waals surface area contributed by atoms with Crippen molar-refractivity contribution in [2.24, 2.45) is 0 Å². The summed E-state index contributed by atoms with van der Waals surface area (Å²) in [4.78, 5) is 2.56. The second-order valence-corrected chi connectivity index (χ2v) is 9.08. The first-order valence-corrected chi connectivity index (χ1v) is 11.7. The molecule has 0 radical (unpaired) electrons. The minimum atomic E-state index is 0.347. The number of nitrogens with zero attached hydrogens (tertiary/aromatic N) is 1. The van der Waals surface area contributed by atoms with Gasteiger partial charge in [-0.25, -0.2) is 0 Å². The average molecular weight is 429 g/mol. The first-order valence-electron chi connectivity index (χ1n) is 11.7. The Hall–Kier alpha value is -2.82. The van der Waals surface area contributed by atoms with Crippen molar-refractivity contribution in [2.75, 3.05) is 7.05 Å². The van der Waals surface area contributed by atoms with Gasteiger partial charge in [0.25, 0.3) is 0 Å². The van der Waals surface area contributed by atoms with E-state index in [0.29, 0.717) is 18.2 Å². The van der Waals surface area contributed by atoms with Crippen molar-refractivity contribution >= 4 is 0 Å². The SMILES string of the molecule is CN1C2CCC1CC(Oc1cccc(CNCc3cccc(Oc4ccccc4)c3)c1)C2. The maximum atomic E-state index is 6.39. The molecule has 2 heterocycles. The predicted molar refractivity (Wildman–Crippen MR) is 128 cm³/mol. The third-order valence-electron chi connectivity index (χ3n) is 6.79. The molecule has 4 heteroatoms. The molecule has 0 aromatic heterocycles. The first kappa shape index (κ1) is 21.0. The Morgan fingerprint density at radius 2 is 1.34 bits per heavy atom. The van der Waals surface area contributed by atoms with Crippen LogP contribution in [0.25, 0.3) is 0 Å². The van der Waals surface area contributed by atoms with E-state index < -0.39 is 0 Å². The number of ether oxygens (including phenoxy) is 2. The summed E-state index contributed by atoms with van der Waals surface area (Å²) in [6, 6.07) is 28.1. The number of hydrogen-bond donors (Lipinski definition) is 1. The fourth-order valence-corrected chi connectivity index (χ4v) is 5.07. The molecular weight excluding hydrogens is 396 g/mol. The molecule has 0 spiro atoms. The molecule has 2 atom stereocenters. The fourth-order valence-electron chi connectivity index (χ4n) is 5.07. The monoisotopic (exact) mass is 428 g/mol. The van der Waals surface area contributed by atoms with E-state index in [9.17, 15) is 0 Å². The molecule has 1 N–H and O–H groups in total. The van der Waals surface area contributed by atoms with Crippen LogP contribution in [0, 0.1) is 0 Å².